The lowest BCUT2D eigenvalue weighted by Gasteiger charge is -2.33. The summed E-state index contributed by atoms with van der Waals surface area (Å²) in [4.78, 5) is 18.9. The molecule has 26 heavy (non-hydrogen) atoms. The van der Waals surface area contributed by atoms with Crippen LogP contribution in [0.15, 0.2) is 29.3 Å². The van der Waals surface area contributed by atoms with E-state index in [0.717, 1.165) is 44.9 Å². The van der Waals surface area contributed by atoms with E-state index in [1.807, 2.05) is 6.92 Å². The first-order valence-electron chi connectivity index (χ1n) is 9.92. The van der Waals surface area contributed by atoms with Crippen LogP contribution in [0.5, 0.6) is 0 Å². The molecule has 2 atom stereocenters. The third kappa shape index (κ3) is 4.37. The number of carbonyl (C=O) groups is 1. The molecule has 1 saturated heterocycles. The molecule has 1 aliphatic carbocycles. The van der Waals surface area contributed by atoms with E-state index in [2.05, 4.69) is 48.3 Å². The van der Waals surface area contributed by atoms with E-state index in [1.54, 1.807) is 0 Å². The van der Waals surface area contributed by atoms with Gasteiger partial charge in [-0.3, -0.25) is 9.79 Å². The van der Waals surface area contributed by atoms with E-state index >= 15 is 0 Å². The summed E-state index contributed by atoms with van der Waals surface area (Å²) in [5.41, 5.74) is 2.81. The lowest BCUT2D eigenvalue weighted by molar-refractivity contribution is -0.149. The zero-order valence-electron chi connectivity index (χ0n) is 16.2. The molecule has 0 aromatic heterocycles. The molecular formula is C21H31N3O2. The fraction of sp³-hybridized carbons (Fsp3) is 0.619. The highest BCUT2D eigenvalue weighted by Crippen LogP contribution is 2.42. The average Bonchev–Trinajstić information content (AvgIpc) is 3.41. The van der Waals surface area contributed by atoms with E-state index in [1.165, 1.54) is 11.1 Å². The second kappa shape index (κ2) is 8.56. The zero-order valence-corrected chi connectivity index (χ0v) is 16.2. The molecule has 142 valence electrons. The molecule has 1 N–H and O–H groups in total. The van der Waals surface area contributed by atoms with Crippen LogP contribution in [0.25, 0.3) is 0 Å². The first-order valence-corrected chi connectivity index (χ1v) is 9.92. The second-order valence-corrected chi connectivity index (χ2v) is 7.26. The average molecular weight is 357 g/mol. The van der Waals surface area contributed by atoms with Crippen LogP contribution in [0, 0.1) is 12.8 Å². The van der Waals surface area contributed by atoms with Crippen LogP contribution in [0.3, 0.4) is 0 Å². The van der Waals surface area contributed by atoms with E-state index in [0.29, 0.717) is 18.6 Å². The predicted octanol–water partition coefficient (Wildman–Crippen LogP) is 3.09. The normalized spacial score (nSPS) is 23.7. The molecule has 0 bridgehead atoms. The molecule has 5 nitrogen and oxygen atoms in total. The fourth-order valence-corrected chi connectivity index (χ4v) is 3.84. The third-order valence-electron chi connectivity index (χ3n) is 5.42. The summed E-state index contributed by atoms with van der Waals surface area (Å²) in [5, 5.41) is 3.67. The molecule has 0 spiro atoms. The van der Waals surface area contributed by atoms with Crippen LogP contribution in [-0.2, 0) is 9.53 Å². The van der Waals surface area contributed by atoms with Gasteiger partial charge in [-0.1, -0.05) is 24.3 Å². The molecule has 0 radical (unpaired) electrons. The molecule has 3 rings (SSSR count). The van der Waals surface area contributed by atoms with Crippen LogP contribution in [-0.4, -0.2) is 49.1 Å². The van der Waals surface area contributed by atoms with E-state index in [9.17, 15) is 4.79 Å². The highest BCUT2D eigenvalue weighted by molar-refractivity contribution is 5.81. The summed E-state index contributed by atoms with van der Waals surface area (Å²) in [6.45, 7) is 9.06. The van der Waals surface area contributed by atoms with E-state index < -0.39 is 0 Å². The van der Waals surface area contributed by atoms with Crippen molar-refractivity contribution in [1.82, 2.24) is 10.2 Å². The summed E-state index contributed by atoms with van der Waals surface area (Å²) < 4.78 is 5.17. The molecule has 2 aliphatic rings. The number of nitrogens with zero attached hydrogens (tertiary/aromatic N) is 2. The van der Waals surface area contributed by atoms with Gasteiger partial charge in [-0.05, 0) is 51.2 Å². The largest absolute Gasteiger partial charge is 0.466 e. The van der Waals surface area contributed by atoms with Gasteiger partial charge < -0.3 is 15.0 Å². The van der Waals surface area contributed by atoms with Gasteiger partial charge in [0, 0.05) is 31.6 Å². The van der Waals surface area contributed by atoms with Crippen LogP contribution in [0.2, 0.25) is 0 Å². The molecule has 5 heteroatoms. The SMILES string of the molecule is CCN=C(NC1CC1c1ccccc1C)N1CCC(C(=O)OCC)CC1. The fourth-order valence-electron chi connectivity index (χ4n) is 3.84. The number of guanidine groups is 1. The molecular weight excluding hydrogens is 326 g/mol. The predicted molar refractivity (Wildman–Crippen MR) is 104 cm³/mol. The first-order chi connectivity index (χ1) is 12.6. The summed E-state index contributed by atoms with van der Waals surface area (Å²) in [6.07, 6.45) is 2.84. The Hall–Kier alpha value is -2.04. The van der Waals surface area contributed by atoms with E-state index in [-0.39, 0.29) is 11.9 Å². The number of piperidine rings is 1. The van der Waals surface area contributed by atoms with Crippen LogP contribution < -0.4 is 5.32 Å². The number of aliphatic imine (C=N–C) groups is 1. The number of nitrogens with one attached hydrogen (secondary N) is 1. The summed E-state index contributed by atoms with van der Waals surface area (Å²) in [7, 11) is 0. The number of aryl methyl sites for hydroxylation is 1. The summed E-state index contributed by atoms with van der Waals surface area (Å²) >= 11 is 0. The maximum atomic E-state index is 11.9. The van der Waals surface area contributed by atoms with Gasteiger partial charge in [0.05, 0.1) is 12.5 Å². The Morgan fingerprint density at radius 2 is 2.00 bits per heavy atom. The van der Waals surface area contributed by atoms with Crippen molar-refractivity contribution in [3.05, 3.63) is 35.4 Å². The number of carbonyl (C=O) groups excluding carboxylic acids is 1. The number of ether oxygens (including phenoxy) is 1. The van der Waals surface area contributed by atoms with Gasteiger partial charge in [0.2, 0.25) is 0 Å². The Kier molecular flexibility index (Phi) is 6.17. The number of rotatable bonds is 5. The lowest BCUT2D eigenvalue weighted by atomic mass is 9.97. The molecule has 1 aromatic rings. The molecule has 2 unspecified atom stereocenters. The van der Waals surface area contributed by atoms with E-state index in [4.69, 9.17) is 9.73 Å². The second-order valence-electron chi connectivity index (χ2n) is 7.26. The van der Waals surface area contributed by atoms with Gasteiger partial charge in [0.1, 0.15) is 0 Å². The Labute approximate surface area is 156 Å². The van der Waals surface area contributed by atoms with Gasteiger partial charge in [-0.2, -0.15) is 0 Å². The quantitative estimate of drug-likeness (QED) is 0.500. The number of benzene rings is 1. The van der Waals surface area contributed by atoms with Gasteiger partial charge in [0.15, 0.2) is 5.96 Å². The Morgan fingerprint density at radius 3 is 2.65 bits per heavy atom. The lowest BCUT2D eigenvalue weighted by Crippen LogP contribution is -2.47. The van der Waals surface area contributed by atoms with Crippen LogP contribution in [0.4, 0.5) is 0 Å². The maximum Gasteiger partial charge on any atom is 0.309 e. The Balaban J connectivity index is 1.56. The van der Waals surface area contributed by atoms with Crippen molar-refractivity contribution in [2.24, 2.45) is 10.9 Å². The van der Waals surface area contributed by atoms with Crippen molar-refractivity contribution in [2.75, 3.05) is 26.2 Å². The number of esters is 1. The van der Waals surface area contributed by atoms with Crippen molar-refractivity contribution in [2.45, 2.75) is 52.0 Å². The van der Waals surface area contributed by atoms with Crippen molar-refractivity contribution in [3.8, 4) is 0 Å². The molecule has 1 aliphatic heterocycles. The monoisotopic (exact) mass is 357 g/mol. The van der Waals surface area contributed by atoms with Gasteiger partial charge in [0.25, 0.3) is 0 Å². The smallest absolute Gasteiger partial charge is 0.309 e. The van der Waals surface area contributed by atoms with Crippen molar-refractivity contribution in [3.63, 3.8) is 0 Å². The van der Waals surface area contributed by atoms with Gasteiger partial charge >= 0.3 is 5.97 Å². The Bertz CT molecular complexity index is 650. The highest BCUT2D eigenvalue weighted by atomic mass is 16.5. The molecule has 1 aromatic carbocycles. The minimum atomic E-state index is -0.0455. The number of hydrogen-bond donors (Lipinski definition) is 1. The number of likely N-dealkylation sites (tertiary alicyclic amines) is 1. The summed E-state index contributed by atoms with van der Waals surface area (Å²) in [5.74, 6) is 1.57. The van der Waals surface area contributed by atoms with Crippen molar-refractivity contribution >= 4 is 11.9 Å². The maximum absolute atomic E-state index is 11.9. The van der Waals surface area contributed by atoms with Crippen molar-refractivity contribution in [1.29, 1.82) is 0 Å². The topological polar surface area (TPSA) is 53.9 Å². The summed E-state index contributed by atoms with van der Waals surface area (Å²) in [6, 6.07) is 9.11. The van der Waals surface area contributed by atoms with Gasteiger partial charge in [-0.25, -0.2) is 0 Å². The minimum Gasteiger partial charge on any atom is -0.466 e. The molecule has 1 heterocycles. The third-order valence-corrected chi connectivity index (χ3v) is 5.42. The first kappa shape index (κ1) is 18.7. The highest BCUT2D eigenvalue weighted by Gasteiger charge is 2.40. The number of hydrogen-bond acceptors (Lipinski definition) is 3. The van der Waals surface area contributed by atoms with Crippen LogP contribution in [0.1, 0.15) is 50.2 Å². The molecule has 2 fully saturated rings. The standard InChI is InChI=1S/C21H31N3O2/c1-4-22-21(24-12-10-16(11-13-24)20(25)26-5-2)23-19-14-18(19)17-9-7-6-8-15(17)3/h6-9,16,18-19H,4-5,10-14H2,1-3H3,(H,22,23). The van der Waals surface area contributed by atoms with Crippen LogP contribution >= 0.6 is 0 Å². The minimum absolute atomic E-state index is 0.0368. The van der Waals surface area contributed by atoms with Crippen molar-refractivity contribution < 1.29 is 9.53 Å². The molecule has 0 amide bonds. The Morgan fingerprint density at radius 1 is 1.27 bits per heavy atom. The zero-order chi connectivity index (χ0) is 18.5. The molecule has 1 saturated carbocycles. The van der Waals surface area contributed by atoms with Gasteiger partial charge in [-0.15, -0.1) is 0 Å².